The Hall–Kier alpha value is -3.03. The molecule has 0 aliphatic heterocycles. The number of benzene rings is 1. The lowest BCUT2D eigenvalue weighted by Crippen LogP contribution is -2.22. The topological polar surface area (TPSA) is 57.8 Å². The minimum absolute atomic E-state index is 0.493. The monoisotopic (exact) mass is 445 g/mol. The van der Waals surface area contributed by atoms with Crippen LogP contribution in [0.1, 0.15) is 11.3 Å². The lowest BCUT2D eigenvalue weighted by Gasteiger charge is -2.16. The van der Waals surface area contributed by atoms with E-state index in [-0.39, 0.29) is 0 Å². The Bertz CT molecular complexity index is 1160. The molecule has 0 saturated carbocycles. The molecule has 7 heteroatoms. The number of aromatic nitrogens is 5. The van der Waals surface area contributed by atoms with Crippen LogP contribution in [0.5, 0.6) is 0 Å². The van der Waals surface area contributed by atoms with Gasteiger partial charge in [0, 0.05) is 44.5 Å². The molecule has 0 aliphatic carbocycles. The maximum atomic E-state index is 5.99. The van der Waals surface area contributed by atoms with E-state index in [4.69, 9.17) is 4.74 Å². The second kappa shape index (κ2) is 9.63. The van der Waals surface area contributed by atoms with Gasteiger partial charge >= 0.3 is 0 Å². The molecule has 0 N–H and O–H groups in total. The molecule has 0 atom stereocenters. The summed E-state index contributed by atoms with van der Waals surface area (Å²) in [6.45, 7) is 11.2. The predicted molar refractivity (Wildman–Crippen MR) is 131 cm³/mol. The van der Waals surface area contributed by atoms with Crippen molar-refractivity contribution in [2.24, 2.45) is 0 Å². The number of ether oxygens (including phenoxy) is 1. The first-order valence-electron chi connectivity index (χ1n) is 11.0. The molecule has 1 aromatic carbocycles. The van der Waals surface area contributed by atoms with Crippen molar-refractivity contribution in [1.29, 1.82) is 0 Å². The van der Waals surface area contributed by atoms with Crippen LogP contribution < -0.4 is 0 Å². The molecule has 4 rings (SSSR count). The van der Waals surface area contributed by atoms with E-state index in [2.05, 4.69) is 70.6 Å². The van der Waals surface area contributed by atoms with Crippen LogP contribution in [0.2, 0.25) is 25.7 Å². The number of hydrogen-bond donors (Lipinski definition) is 0. The minimum atomic E-state index is -1.11. The van der Waals surface area contributed by atoms with E-state index in [1.165, 1.54) is 5.56 Å². The zero-order valence-electron chi connectivity index (χ0n) is 19.3. The van der Waals surface area contributed by atoms with Gasteiger partial charge in [-0.2, -0.15) is 5.10 Å². The number of rotatable bonds is 9. The van der Waals surface area contributed by atoms with E-state index in [0.29, 0.717) is 6.73 Å². The highest BCUT2D eigenvalue weighted by Crippen LogP contribution is 2.25. The SMILES string of the molecule is Cc1cnc(-c2cc(-c3cnn(Cc4ccccc4)c3)ccn2)n1COCC[Si](C)(C)C. The molecule has 0 fully saturated rings. The Morgan fingerprint density at radius 3 is 2.56 bits per heavy atom. The zero-order chi connectivity index (χ0) is 22.6. The largest absolute Gasteiger partial charge is 0.361 e. The second-order valence-electron chi connectivity index (χ2n) is 9.34. The van der Waals surface area contributed by atoms with Crippen LogP contribution in [0.25, 0.3) is 22.6 Å². The van der Waals surface area contributed by atoms with Crippen LogP contribution in [0.15, 0.2) is 67.3 Å². The highest BCUT2D eigenvalue weighted by molar-refractivity contribution is 6.76. The molecular formula is C25H31N5OSi. The smallest absolute Gasteiger partial charge is 0.160 e. The van der Waals surface area contributed by atoms with Crippen LogP contribution >= 0.6 is 0 Å². The van der Waals surface area contributed by atoms with E-state index in [0.717, 1.165) is 47.5 Å². The Balaban J connectivity index is 1.50. The molecule has 6 nitrogen and oxygen atoms in total. The molecule has 3 heterocycles. The molecule has 0 aliphatic rings. The Morgan fingerprint density at radius 2 is 1.78 bits per heavy atom. The van der Waals surface area contributed by atoms with Crippen LogP contribution in [-0.2, 0) is 18.0 Å². The quantitative estimate of drug-likeness (QED) is 0.253. The third-order valence-corrected chi connectivity index (χ3v) is 7.12. The van der Waals surface area contributed by atoms with Gasteiger partial charge in [-0.25, -0.2) is 4.98 Å². The zero-order valence-corrected chi connectivity index (χ0v) is 20.3. The first-order valence-corrected chi connectivity index (χ1v) is 14.7. The van der Waals surface area contributed by atoms with E-state index in [1.807, 2.05) is 47.5 Å². The summed E-state index contributed by atoms with van der Waals surface area (Å²) in [7, 11) is -1.11. The average Bonchev–Trinajstić information content (AvgIpc) is 3.38. The third kappa shape index (κ3) is 5.60. The first-order chi connectivity index (χ1) is 15.4. The van der Waals surface area contributed by atoms with Crippen molar-refractivity contribution in [3.63, 3.8) is 0 Å². The van der Waals surface area contributed by atoms with E-state index < -0.39 is 8.07 Å². The summed E-state index contributed by atoms with van der Waals surface area (Å²) in [5.41, 5.74) is 5.26. The van der Waals surface area contributed by atoms with Gasteiger partial charge in [-0.05, 0) is 36.2 Å². The fourth-order valence-corrected chi connectivity index (χ4v) is 4.22. The van der Waals surface area contributed by atoms with Crippen molar-refractivity contribution in [1.82, 2.24) is 24.3 Å². The summed E-state index contributed by atoms with van der Waals surface area (Å²) < 4.78 is 10.0. The van der Waals surface area contributed by atoms with Gasteiger partial charge in [-0.1, -0.05) is 50.0 Å². The van der Waals surface area contributed by atoms with Crippen molar-refractivity contribution < 1.29 is 4.74 Å². The minimum Gasteiger partial charge on any atom is -0.361 e. The van der Waals surface area contributed by atoms with Crippen LogP contribution in [-0.4, -0.2) is 39.0 Å². The van der Waals surface area contributed by atoms with Crippen molar-refractivity contribution >= 4 is 8.07 Å². The third-order valence-electron chi connectivity index (χ3n) is 5.41. The Morgan fingerprint density at radius 1 is 0.969 bits per heavy atom. The molecule has 0 spiro atoms. The normalized spacial score (nSPS) is 11.8. The molecule has 32 heavy (non-hydrogen) atoms. The average molecular weight is 446 g/mol. The van der Waals surface area contributed by atoms with E-state index >= 15 is 0 Å². The number of hydrogen-bond acceptors (Lipinski definition) is 4. The lowest BCUT2D eigenvalue weighted by molar-refractivity contribution is 0.0870. The molecule has 0 amide bonds. The summed E-state index contributed by atoms with van der Waals surface area (Å²) in [6.07, 6.45) is 7.69. The van der Waals surface area contributed by atoms with Crippen molar-refractivity contribution in [3.8, 4) is 22.6 Å². The van der Waals surface area contributed by atoms with Crippen LogP contribution in [0, 0.1) is 6.92 Å². The molecule has 4 aromatic rings. The Kier molecular flexibility index (Phi) is 6.67. The molecule has 0 bridgehead atoms. The van der Waals surface area contributed by atoms with Crippen molar-refractivity contribution in [2.45, 2.75) is 45.9 Å². The summed E-state index contributed by atoms with van der Waals surface area (Å²) in [6, 6.07) is 15.6. The molecule has 0 radical (unpaired) electrons. The Labute approximate surface area is 190 Å². The van der Waals surface area contributed by atoms with Crippen LogP contribution in [0.3, 0.4) is 0 Å². The van der Waals surface area contributed by atoms with Gasteiger partial charge < -0.3 is 9.30 Å². The maximum Gasteiger partial charge on any atom is 0.160 e. The van der Waals surface area contributed by atoms with E-state index in [9.17, 15) is 0 Å². The highest BCUT2D eigenvalue weighted by atomic mass is 28.3. The van der Waals surface area contributed by atoms with Gasteiger partial charge in [0.2, 0.25) is 0 Å². The molecule has 166 valence electrons. The van der Waals surface area contributed by atoms with Gasteiger partial charge in [-0.3, -0.25) is 9.67 Å². The van der Waals surface area contributed by atoms with E-state index in [1.54, 1.807) is 0 Å². The molecule has 0 unspecified atom stereocenters. The summed E-state index contributed by atoms with van der Waals surface area (Å²) in [5, 5.41) is 4.54. The summed E-state index contributed by atoms with van der Waals surface area (Å²) in [4.78, 5) is 9.21. The van der Waals surface area contributed by atoms with Gasteiger partial charge in [0.15, 0.2) is 5.82 Å². The fraction of sp³-hybridized carbons (Fsp3) is 0.320. The lowest BCUT2D eigenvalue weighted by atomic mass is 10.1. The second-order valence-corrected chi connectivity index (χ2v) is 15.0. The standard InChI is InChI=1S/C25H31N5OSi/c1-20-15-27-25(30(20)19-31-12-13-32(2,3)4)24-14-22(10-11-26-24)23-16-28-29(18-23)17-21-8-6-5-7-9-21/h5-11,14-16,18H,12-13,17,19H2,1-4H3. The number of pyridine rings is 1. The molecule has 0 saturated heterocycles. The molecule has 3 aromatic heterocycles. The van der Waals surface area contributed by atoms with Gasteiger partial charge in [-0.15, -0.1) is 0 Å². The fourth-order valence-electron chi connectivity index (χ4n) is 3.46. The summed E-state index contributed by atoms with van der Waals surface area (Å²) in [5.74, 6) is 0.828. The number of imidazole rings is 1. The summed E-state index contributed by atoms with van der Waals surface area (Å²) >= 11 is 0. The first kappa shape index (κ1) is 22.2. The van der Waals surface area contributed by atoms with Crippen molar-refractivity contribution in [3.05, 3.63) is 78.5 Å². The highest BCUT2D eigenvalue weighted by Gasteiger charge is 2.15. The predicted octanol–water partition coefficient (Wildman–Crippen LogP) is 5.48. The van der Waals surface area contributed by atoms with Gasteiger partial charge in [0.1, 0.15) is 12.4 Å². The van der Waals surface area contributed by atoms with Gasteiger partial charge in [0.25, 0.3) is 0 Å². The number of aryl methyl sites for hydroxylation is 1. The molecular weight excluding hydrogens is 414 g/mol. The van der Waals surface area contributed by atoms with Crippen molar-refractivity contribution in [2.75, 3.05) is 6.61 Å². The number of nitrogens with zero attached hydrogens (tertiary/aromatic N) is 5. The maximum absolute atomic E-state index is 5.99. The van der Waals surface area contributed by atoms with Crippen LogP contribution in [0.4, 0.5) is 0 Å². The van der Waals surface area contributed by atoms with Gasteiger partial charge in [0.05, 0.1) is 12.7 Å².